The molecule has 2 aromatic rings. The summed E-state index contributed by atoms with van der Waals surface area (Å²) >= 11 is 0. The second-order valence-electron chi connectivity index (χ2n) is 5.43. The normalized spacial score (nSPS) is 10.7. The first kappa shape index (κ1) is 15.2. The van der Waals surface area contributed by atoms with Crippen molar-refractivity contribution in [3.8, 4) is 0 Å². The SMILES string of the molecule is Cc1ccc(CN(C)CC(=O)Nc2ccc(C)cn2)cc1. The second kappa shape index (κ2) is 6.99. The lowest BCUT2D eigenvalue weighted by atomic mass is 10.1. The number of nitrogens with zero attached hydrogens (tertiary/aromatic N) is 2. The number of carbonyl (C=O) groups is 1. The number of amides is 1. The van der Waals surface area contributed by atoms with Gasteiger partial charge in [0.05, 0.1) is 6.54 Å². The van der Waals surface area contributed by atoms with Crippen molar-refractivity contribution in [3.05, 3.63) is 59.3 Å². The molecule has 1 aromatic heterocycles. The number of aromatic nitrogens is 1. The van der Waals surface area contributed by atoms with Gasteiger partial charge in [0.25, 0.3) is 0 Å². The Bertz CT molecular complexity index is 590. The minimum atomic E-state index is -0.0547. The van der Waals surface area contributed by atoms with Crippen molar-refractivity contribution in [3.63, 3.8) is 0 Å². The fourth-order valence-electron chi connectivity index (χ4n) is 2.03. The first-order chi connectivity index (χ1) is 10.0. The number of aryl methyl sites for hydroxylation is 2. The first-order valence-electron chi connectivity index (χ1n) is 6.99. The molecule has 4 nitrogen and oxygen atoms in total. The van der Waals surface area contributed by atoms with Crippen molar-refractivity contribution in [1.29, 1.82) is 0 Å². The van der Waals surface area contributed by atoms with Crippen LogP contribution in [0.4, 0.5) is 5.82 Å². The molecule has 0 atom stereocenters. The van der Waals surface area contributed by atoms with Crippen LogP contribution in [0.1, 0.15) is 16.7 Å². The van der Waals surface area contributed by atoms with E-state index in [1.54, 1.807) is 6.20 Å². The van der Waals surface area contributed by atoms with Crippen molar-refractivity contribution in [2.75, 3.05) is 18.9 Å². The summed E-state index contributed by atoms with van der Waals surface area (Å²) < 4.78 is 0. The third kappa shape index (κ3) is 5.00. The molecule has 0 spiro atoms. The average molecular weight is 283 g/mol. The number of carbonyl (C=O) groups excluding carboxylic acids is 1. The van der Waals surface area contributed by atoms with E-state index in [9.17, 15) is 4.79 Å². The third-order valence-electron chi connectivity index (χ3n) is 3.17. The lowest BCUT2D eigenvalue weighted by molar-refractivity contribution is -0.117. The van der Waals surface area contributed by atoms with Crippen molar-refractivity contribution in [1.82, 2.24) is 9.88 Å². The Balaban J connectivity index is 1.84. The quantitative estimate of drug-likeness (QED) is 0.917. The molecule has 0 unspecified atom stereocenters. The minimum absolute atomic E-state index is 0.0547. The summed E-state index contributed by atoms with van der Waals surface area (Å²) in [6.07, 6.45) is 1.74. The maximum atomic E-state index is 12.0. The Morgan fingerprint density at radius 1 is 1.10 bits per heavy atom. The number of pyridine rings is 1. The first-order valence-corrected chi connectivity index (χ1v) is 6.99. The van der Waals surface area contributed by atoms with Gasteiger partial charge in [0.2, 0.25) is 5.91 Å². The Morgan fingerprint density at radius 3 is 2.38 bits per heavy atom. The van der Waals surface area contributed by atoms with E-state index < -0.39 is 0 Å². The molecule has 4 heteroatoms. The van der Waals surface area contributed by atoms with Crippen LogP contribution in [0.25, 0.3) is 0 Å². The van der Waals surface area contributed by atoms with Crippen molar-refractivity contribution >= 4 is 11.7 Å². The predicted molar refractivity (Wildman–Crippen MR) is 85.1 cm³/mol. The molecule has 0 aliphatic carbocycles. The van der Waals surface area contributed by atoms with E-state index in [2.05, 4.69) is 41.5 Å². The van der Waals surface area contributed by atoms with E-state index in [0.717, 1.165) is 12.1 Å². The number of hydrogen-bond acceptors (Lipinski definition) is 3. The fourth-order valence-corrected chi connectivity index (χ4v) is 2.03. The van der Waals surface area contributed by atoms with Crippen molar-refractivity contribution < 1.29 is 4.79 Å². The molecule has 0 aliphatic rings. The summed E-state index contributed by atoms with van der Waals surface area (Å²) in [6, 6.07) is 12.1. The van der Waals surface area contributed by atoms with Crippen LogP contribution in [-0.2, 0) is 11.3 Å². The highest BCUT2D eigenvalue weighted by Gasteiger charge is 2.08. The number of hydrogen-bond donors (Lipinski definition) is 1. The standard InChI is InChI=1S/C17H21N3O/c1-13-4-7-15(8-5-13)11-20(3)12-17(21)19-16-9-6-14(2)10-18-16/h4-10H,11-12H2,1-3H3,(H,18,19,21). The van der Waals surface area contributed by atoms with E-state index in [4.69, 9.17) is 0 Å². The number of likely N-dealkylation sites (N-methyl/N-ethyl adjacent to an activating group) is 1. The van der Waals surface area contributed by atoms with Crippen LogP contribution in [0.2, 0.25) is 0 Å². The zero-order chi connectivity index (χ0) is 15.2. The summed E-state index contributed by atoms with van der Waals surface area (Å²) in [5, 5.41) is 2.80. The smallest absolute Gasteiger partial charge is 0.239 e. The lowest BCUT2D eigenvalue weighted by Gasteiger charge is -2.16. The van der Waals surface area contributed by atoms with Crippen molar-refractivity contribution in [2.45, 2.75) is 20.4 Å². The van der Waals surface area contributed by atoms with E-state index in [0.29, 0.717) is 12.4 Å². The largest absolute Gasteiger partial charge is 0.310 e. The van der Waals surface area contributed by atoms with Gasteiger partial charge in [-0.25, -0.2) is 4.98 Å². The van der Waals surface area contributed by atoms with Gasteiger partial charge in [-0.2, -0.15) is 0 Å². The van der Waals surface area contributed by atoms with Gasteiger partial charge >= 0.3 is 0 Å². The van der Waals surface area contributed by atoms with Crippen LogP contribution in [-0.4, -0.2) is 29.4 Å². The molecule has 0 bridgehead atoms. The minimum Gasteiger partial charge on any atom is -0.310 e. The summed E-state index contributed by atoms with van der Waals surface area (Å²) in [4.78, 5) is 18.1. The van der Waals surface area contributed by atoms with E-state index in [1.165, 1.54) is 11.1 Å². The Kier molecular flexibility index (Phi) is 5.06. The monoisotopic (exact) mass is 283 g/mol. The van der Waals surface area contributed by atoms with Crippen LogP contribution in [0.3, 0.4) is 0 Å². The zero-order valence-electron chi connectivity index (χ0n) is 12.8. The van der Waals surface area contributed by atoms with Gasteiger partial charge in [0.15, 0.2) is 0 Å². The summed E-state index contributed by atoms with van der Waals surface area (Å²) in [5.74, 6) is 0.537. The van der Waals surface area contributed by atoms with E-state index in [-0.39, 0.29) is 5.91 Å². The van der Waals surface area contributed by atoms with Gasteiger partial charge in [-0.1, -0.05) is 35.9 Å². The van der Waals surface area contributed by atoms with Crippen LogP contribution >= 0.6 is 0 Å². The number of anilines is 1. The van der Waals surface area contributed by atoms with Crippen LogP contribution in [0, 0.1) is 13.8 Å². The van der Waals surface area contributed by atoms with Crippen LogP contribution in [0.5, 0.6) is 0 Å². The summed E-state index contributed by atoms with van der Waals surface area (Å²) in [6.45, 7) is 5.11. The molecule has 21 heavy (non-hydrogen) atoms. The number of rotatable bonds is 5. The van der Waals surface area contributed by atoms with Gasteiger partial charge in [0, 0.05) is 12.7 Å². The average Bonchev–Trinajstić information content (AvgIpc) is 2.44. The highest BCUT2D eigenvalue weighted by molar-refractivity contribution is 5.91. The third-order valence-corrected chi connectivity index (χ3v) is 3.17. The number of nitrogens with one attached hydrogen (secondary N) is 1. The second-order valence-corrected chi connectivity index (χ2v) is 5.43. The lowest BCUT2D eigenvalue weighted by Crippen LogP contribution is -2.30. The molecule has 0 aliphatic heterocycles. The predicted octanol–water partition coefficient (Wildman–Crippen LogP) is 2.77. The van der Waals surface area contributed by atoms with Crippen LogP contribution in [0.15, 0.2) is 42.6 Å². The molecule has 0 fully saturated rings. The topological polar surface area (TPSA) is 45.2 Å². The molecule has 1 amide bonds. The van der Waals surface area contributed by atoms with Crippen molar-refractivity contribution in [2.24, 2.45) is 0 Å². The Hall–Kier alpha value is -2.20. The fraction of sp³-hybridized carbons (Fsp3) is 0.294. The molecule has 110 valence electrons. The molecular weight excluding hydrogens is 262 g/mol. The summed E-state index contributed by atoms with van der Waals surface area (Å²) in [5.41, 5.74) is 3.51. The highest BCUT2D eigenvalue weighted by Crippen LogP contribution is 2.07. The number of benzene rings is 1. The summed E-state index contributed by atoms with van der Waals surface area (Å²) in [7, 11) is 1.93. The van der Waals surface area contributed by atoms with Gasteiger partial charge in [-0.05, 0) is 38.1 Å². The zero-order valence-corrected chi connectivity index (χ0v) is 12.8. The Morgan fingerprint density at radius 2 is 1.76 bits per heavy atom. The van der Waals surface area contributed by atoms with Gasteiger partial charge < -0.3 is 5.32 Å². The molecule has 0 radical (unpaired) electrons. The maximum absolute atomic E-state index is 12.0. The van der Waals surface area contributed by atoms with Gasteiger partial charge in [0.1, 0.15) is 5.82 Å². The molecule has 1 aromatic carbocycles. The molecule has 0 saturated carbocycles. The molecule has 1 N–H and O–H groups in total. The van der Waals surface area contributed by atoms with Crippen LogP contribution < -0.4 is 5.32 Å². The maximum Gasteiger partial charge on any atom is 0.239 e. The molecule has 0 saturated heterocycles. The van der Waals surface area contributed by atoms with Gasteiger partial charge in [-0.15, -0.1) is 0 Å². The van der Waals surface area contributed by atoms with E-state index >= 15 is 0 Å². The Labute approximate surface area is 125 Å². The highest BCUT2D eigenvalue weighted by atomic mass is 16.2. The molecular formula is C17H21N3O. The molecule has 2 rings (SSSR count). The van der Waals surface area contributed by atoms with Gasteiger partial charge in [-0.3, -0.25) is 9.69 Å². The van der Waals surface area contributed by atoms with E-state index in [1.807, 2.05) is 31.0 Å². The molecule has 1 heterocycles.